The number of nitrogens with one attached hydrogen (secondary N) is 1. The van der Waals surface area contributed by atoms with Gasteiger partial charge in [-0.2, -0.15) is 0 Å². The SMILES string of the molecule is O=C(NCc1cc(Cl)ccc1Cl)C1(F)CCC(O)c2ncccc21. The molecule has 1 amide bonds. The molecule has 0 bridgehead atoms. The number of nitrogens with zero attached hydrogens (tertiary/aromatic N) is 1. The maximum atomic E-state index is 15.4. The molecule has 2 N–H and O–H groups in total. The zero-order valence-corrected chi connectivity index (χ0v) is 14.1. The number of aliphatic hydroxyl groups excluding tert-OH is 1. The number of aromatic nitrogens is 1. The van der Waals surface area contributed by atoms with E-state index in [0.29, 0.717) is 15.6 Å². The summed E-state index contributed by atoms with van der Waals surface area (Å²) in [7, 11) is 0. The summed E-state index contributed by atoms with van der Waals surface area (Å²) in [5.74, 6) is -0.778. The molecule has 1 aromatic heterocycles. The van der Waals surface area contributed by atoms with E-state index in [9.17, 15) is 9.90 Å². The van der Waals surface area contributed by atoms with Crippen LogP contribution in [0.3, 0.4) is 0 Å². The zero-order chi connectivity index (χ0) is 17.3. The van der Waals surface area contributed by atoms with Crippen molar-refractivity contribution < 1.29 is 14.3 Å². The maximum Gasteiger partial charge on any atom is 0.262 e. The van der Waals surface area contributed by atoms with E-state index in [4.69, 9.17) is 23.2 Å². The molecule has 2 aromatic rings. The van der Waals surface area contributed by atoms with Crippen LogP contribution in [-0.4, -0.2) is 16.0 Å². The molecule has 4 nitrogen and oxygen atoms in total. The molecule has 0 fully saturated rings. The number of carbonyl (C=O) groups is 1. The lowest BCUT2D eigenvalue weighted by atomic mass is 9.81. The van der Waals surface area contributed by atoms with Gasteiger partial charge in [0, 0.05) is 28.4 Å². The van der Waals surface area contributed by atoms with Crippen LogP contribution < -0.4 is 5.32 Å². The molecule has 1 aliphatic carbocycles. The van der Waals surface area contributed by atoms with Gasteiger partial charge in [-0.15, -0.1) is 0 Å². The highest BCUT2D eigenvalue weighted by Gasteiger charge is 2.46. The van der Waals surface area contributed by atoms with Crippen molar-refractivity contribution in [1.82, 2.24) is 10.3 Å². The lowest BCUT2D eigenvalue weighted by Crippen LogP contribution is -2.44. The Bertz CT molecular complexity index is 787. The number of aliphatic hydroxyl groups is 1. The van der Waals surface area contributed by atoms with Crippen LogP contribution in [-0.2, 0) is 17.0 Å². The minimum atomic E-state index is -2.23. The minimum absolute atomic E-state index is 0.0576. The molecule has 2 unspecified atom stereocenters. The first-order valence-corrected chi connectivity index (χ1v) is 8.22. The van der Waals surface area contributed by atoms with Gasteiger partial charge in [-0.3, -0.25) is 9.78 Å². The van der Waals surface area contributed by atoms with Gasteiger partial charge < -0.3 is 10.4 Å². The molecule has 2 atom stereocenters. The molecule has 1 heterocycles. The van der Waals surface area contributed by atoms with E-state index in [2.05, 4.69) is 10.3 Å². The minimum Gasteiger partial charge on any atom is -0.387 e. The van der Waals surface area contributed by atoms with Gasteiger partial charge >= 0.3 is 0 Å². The maximum absolute atomic E-state index is 15.4. The molecule has 0 spiro atoms. The van der Waals surface area contributed by atoms with E-state index < -0.39 is 17.7 Å². The Kier molecular flexibility index (Phi) is 4.76. The van der Waals surface area contributed by atoms with Crippen LogP contribution in [0.5, 0.6) is 0 Å². The third-order valence-corrected chi connectivity index (χ3v) is 4.75. The highest BCUT2D eigenvalue weighted by molar-refractivity contribution is 6.33. The fraction of sp³-hybridized carbons (Fsp3) is 0.294. The van der Waals surface area contributed by atoms with E-state index in [-0.39, 0.29) is 30.6 Å². The Morgan fingerprint density at radius 2 is 2.21 bits per heavy atom. The highest BCUT2D eigenvalue weighted by atomic mass is 35.5. The summed E-state index contributed by atoms with van der Waals surface area (Å²) >= 11 is 12.0. The number of amides is 1. The smallest absolute Gasteiger partial charge is 0.262 e. The van der Waals surface area contributed by atoms with Crippen molar-refractivity contribution in [3.63, 3.8) is 0 Å². The molecule has 0 saturated heterocycles. The van der Waals surface area contributed by atoms with Crippen LogP contribution in [0.2, 0.25) is 10.0 Å². The predicted molar refractivity (Wildman–Crippen MR) is 89.5 cm³/mol. The van der Waals surface area contributed by atoms with Crippen molar-refractivity contribution in [3.8, 4) is 0 Å². The lowest BCUT2D eigenvalue weighted by Gasteiger charge is -2.32. The Balaban J connectivity index is 1.82. The number of alkyl halides is 1. The standard InChI is InChI=1S/C17H15Cl2FN2O2/c18-11-3-4-13(19)10(8-11)9-22-16(24)17(20)6-5-14(23)15-12(17)2-1-7-21-15/h1-4,7-8,14,23H,5-6,9H2,(H,22,24). The van der Waals surface area contributed by atoms with Crippen LogP contribution in [0.25, 0.3) is 0 Å². The normalized spacial score (nSPS) is 22.8. The van der Waals surface area contributed by atoms with Gasteiger partial charge in [-0.1, -0.05) is 29.3 Å². The monoisotopic (exact) mass is 368 g/mol. The lowest BCUT2D eigenvalue weighted by molar-refractivity contribution is -0.135. The highest BCUT2D eigenvalue weighted by Crippen LogP contribution is 2.42. The molecule has 0 radical (unpaired) electrons. The van der Waals surface area contributed by atoms with Crippen LogP contribution in [0, 0.1) is 0 Å². The van der Waals surface area contributed by atoms with Gasteiger partial charge in [0.25, 0.3) is 5.91 Å². The molecule has 24 heavy (non-hydrogen) atoms. The Hall–Kier alpha value is -1.69. The van der Waals surface area contributed by atoms with E-state index in [1.54, 1.807) is 24.3 Å². The van der Waals surface area contributed by atoms with Crippen molar-refractivity contribution in [1.29, 1.82) is 0 Å². The second-order valence-corrected chi connectivity index (χ2v) is 6.55. The van der Waals surface area contributed by atoms with Crippen LogP contribution >= 0.6 is 23.2 Å². The second kappa shape index (κ2) is 6.67. The van der Waals surface area contributed by atoms with Crippen molar-refractivity contribution in [2.24, 2.45) is 0 Å². The molecule has 1 aromatic carbocycles. The van der Waals surface area contributed by atoms with Gasteiger partial charge in [-0.05, 0) is 42.7 Å². The van der Waals surface area contributed by atoms with Crippen molar-refractivity contribution in [3.05, 3.63) is 63.4 Å². The summed E-state index contributed by atoms with van der Waals surface area (Å²) < 4.78 is 15.4. The average molecular weight is 369 g/mol. The average Bonchev–Trinajstić information content (AvgIpc) is 2.59. The molecular formula is C17H15Cl2FN2O2. The molecule has 0 aliphatic heterocycles. The summed E-state index contributed by atoms with van der Waals surface area (Å²) in [4.78, 5) is 16.5. The van der Waals surface area contributed by atoms with Crippen molar-refractivity contribution in [2.45, 2.75) is 31.2 Å². The molecule has 0 saturated carbocycles. The van der Waals surface area contributed by atoms with E-state index >= 15 is 4.39 Å². The van der Waals surface area contributed by atoms with Crippen LogP contribution in [0.15, 0.2) is 36.5 Å². The quantitative estimate of drug-likeness (QED) is 0.868. The number of fused-ring (bicyclic) bond motifs is 1. The number of rotatable bonds is 3. The fourth-order valence-corrected chi connectivity index (χ4v) is 3.23. The number of pyridine rings is 1. The summed E-state index contributed by atoms with van der Waals surface area (Å²) in [6.07, 6.45) is 0.630. The first kappa shape index (κ1) is 17.1. The van der Waals surface area contributed by atoms with Crippen LogP contribution in [0.1, 0.15) is 35.8 Å². The van der Waals surface area contributed by atoms with Gasteiger partial charge in [0.15, 0.2) is 0 Å². The topological polar surface area (TPSA) is 62.2 Å². The summed E-state index contributed by atoms with van der Waals surface area (Å²) in [5, 5.41) is 13.4. The second-order valence-electron chi connectivity index (χ2n) is 5.71. The first-order chi connectivity index (χ1) is 11.4. The predicted octanol–water partition coefficient (Wildman–Crippen LogP) is 3.70. The van der Waals surface area contributed by atoms with Crippen molar-refractivity contribution in [2.75, 3.05) is 0 Å². The number of hydrogen-bond acceptors (Lipinski definition) is 3. The van der Waals surface area contributed by atoms with E-state index in [1.165, 1.54) is 12.3 Å². The first-order valence-electron chi connectivity index (χ1n) is 7.46. The van der Waals surface area contributed by atoms with Gasteiger partial charge in [0.05, 0.1) is 11.8 Å². The molecular weight excluding hydrogens is 354 g/mol. The Morgan fingerprint density at radius 1 is 1.42 bits per heavy atom. The largest absolute Gasteiger partial charge is 0.387 e. The number of carbonyl (C=O) groups excluding carboxylic acids is 1. The molecule has 7 heteroatoms. The summed E-state index contributed by atoms with van der Waals surface area (Å²) in [6, 6.07) is 7.90. The molecule has 126 valence electrons. The van der Waals surface area contributed by atoms with Gasteiger partial charge in [0.2, 0.25) is 5.67 Å². The Morgan fingerprint density at radius 3 is 3.00 bits per heavy atom. The fourth-order valence-electron chi connectivity index (χ4n) is 2.86. The van der Waals surface area contributed by atoms with E-state index in [1.807, 2.05) is 0 Å². The third-order valence-electron chi connectivity index (χ3n) is 4.15. The number of halogens is 3. The summed E-state index contributed by atoms with van der Waals surface area (Å²) in [6.45, 7) is 0.0576. The number of benzene rings is 1. The number of hydrogen-bond donors (Lipinski definition) is 2. The van der Waals surface area contributed by atoms with Crippen LogP contribution in [0.4, 0.5) is 4.39 Å². The summed E-state index contributed by atoms with van der Waals surface area (Å²) in [5.41, 5.74) is -1.31. The molecule has 3 rings (SSSR count). The Labute approximate surface area is 148 Å². The molecule has 1 aliphatic rings. The van der Waals surface area contributed by atoms with E-state index in [0.717, 1.165) is 0 Å². The van der Waals surface area contributed by atoms with Gasteiger partial charge in [-0.25, -0.2) is 4.39 Å². The zero-order valence-electron chi connectivity index (χ0n) is 12.6. The van der Waals surface area contributed by atoms with Crippen molar-refractivity contribution >= 4 is 29.1 Å². The van der Waals surface area contributed by atoms with Gasteiger partial charge in [0.1, 0.15) is 0 Å². The third kappa shape index (κ3) is 3.11.